The summed E-state index contributed by atoms with van der Waals surface area (Å²) in [5.74, 6) is -0.682. The third kappa shape index (κ3) is 9.50. The van der Waals surface area contributed by atoms with Crippen LogP contribution < -0.4 is 0 Å². The first-order valence-electron chi connectivity index (χ1n) is 8.86. The van der Waals surface area contributed by atoms with E-state index in [0.717, 1.165) is 42.4 Å². The first-order valence-corrected chi connectivity index (χ1v) is 8.86. The third-order valence-corrected chi connectivity index (χ3v) is 3.43. The lowest BCUT2D eigenvalue weighted by Crippen LogP contribution is -2.01. The monoisotopic (exact) mass is 344 g/mol. The van der Waals surface area contributed by atoms with Gasteiger partial charge in [0.2, 0.25) is 0 Å². The van der Waals surface area contributed by atoms with Gasteiger partial charge in [0.1, 0.15) is 0 Å². The van der Waals surface area contributed by atoms with E-state index in [2.05, 4.69) is 0 Å². The van der Waals surface area contributed by atoms with E-state index in [4.69, 9.17) is 9.47 Å². The fourth-order valence-electron chi connectivity index (χ4n) is 2.09. The third-order valence-electron chi connectivity index (χ3n) is 3.43. The van der Waals surface area contributed by atoms with Crippen molar-refractivity contribution in [3.8, 4) is 0 Å². The van der Waals surface area contributed by atoms with Gasteiger partial charge in [0.25, 0.3) is 0 Å². The molecular weight excluding hydrogens is 316 g/mol. The van der Waals surface area contributed by atoms with Crippen molar-refractivity contribution in [2.45, 2.75) is 46.5 Å². The summed E-state index contributed by atoms with van der Waals surface area (Å²) in [5.41, 5.74) is 2.80. The van der Waals surface area contributed by atoms with Gasteiger partial charge >= 0.3 is 11.9 Å². The van der Waals surface area contributed by atoms with E-state index in [-0.39, 0.29) is 11.9 Å². The Morgan fingerprint density at radius 3 is 1.68 bits per heavy atom. The van der Waals surface area contributed by atoms with Crippen LogP contribution >= 0.6 is 0 Å². The van der Waals surface area contributed by atoms with Gasteiger partial charge in [-0.2, -0.15) is 0 Å². The van der Waals surface area contributed by atoms with Crippen LogP contribution in [0.25, 0.3) is 12.2 Å². The van der Waals surface area contributed by atoms with Gasteiger partial charge in [-0.05, 0) is 54.7 Å². The van der Waals surface area contributed by atoms with Gasteiger partial charge in [-0.3, -0.25) is 0 Å². The Morgan fingerprint density at radius 2 is 1.28 bits per heavy atom. The van der Waals surface area contributed by atoms with Crippen LogP contribution in [-0.4, -0.2) is 25.2 Å². The van der Waals surface area contributed by atoms with Crippen molar-refractivity contribution in [3.63, 3.8) is 0 Å². The molecule has 1 aromatic rings. The number of unbranched alkanes of at least 4 members (excludes halogenated alkanes) is 2. The van der Waals surface area contributed by atoms with E-state index in [1.165, 1.54) is 12.2 Å². The minimum Gasteiger partial charge on any atom is -0.463 e. The molecule has 1 rings (SSSR count). The average Bonchev–Trinajstić information content (AvgIpc) is 2.58. The Bertz CT molecular complexity index is 564. The van der Waals surface area contributed by atoms with E-state index in [9.17, 15) is 9.59 Å². The number of hydrogen-bond donors (Lipinski definition) is 0. The zero-order chi connectivity index (χ0) is 18.5. The van der Waals surface area contributed by atoms with Crippen molar-refractivity contribution >= 4 is 24.1 Å². The fraction of sp³-hybridized carbons (Fsp3) is 0.429. The van der Waals surface area contributed by atoms with Crippen LogP contribution in [0, 0.1) is 6.92 Å². The molecule has 0 heterocycles. The maximum Gasteiger partial charge on any atom is 0.330 e. The summed E-state index contributed by atoms with van der Waals surface area (Å²) in [6.45, 7) is 6.95. The summed E-state index contributed by atoms with van der Waals surface area (Å²) < 4.78 is 10.2. The summed E-state index contributed by atoms with van der Waals surface area (Å²) in [5, 5.41) is 0. The van der Waals surface area contributed by atoms with Crippen molar-refractivity contribution in [3.05, 3.63) is 47.0 Å². The van der Waals surface area contributed by atoms with E-state index in [1.807, 2.05) is 39.0 Å². The van der Waals surface area contributed by atoms with Crippen molar-refractivity contribution in [2.75, 3.05) is 13.2 Å². The Kier molecular flexibility index (Phi) is 9.98. The molecule has 4 heteroatoms. The SMILES string of the molecule is CCCCOC(=O)/C=C/c1cc(C)cc(/C=C/C(=O)OCCCC)c1. The number of aryl methyl sites for hydroxylation is 1. The van der Waals surface area contributed by atoms with Crippen molar-refractivity contribution < 1.29 is 19.1 Å². The standard InChI is InChI=1S/C21H28O4/c1-4-6-12-24-20(22)10-8-18-14-17(3)15-19(16-18)9-11-21(23)25-13-7-5-2/h8-11,14-16H,4-7,12-13H2,1-3H3/b10-8+,11-9+. The average molecular weight is 344 g/mol. The second-order valence-electron chi connectivity index (χ2n) is 5.89. The second kappa shape index (κ2) is 12.1. The van der Waals surface area contributed by atoms with Crippen LogP contribution in [0.1, 0.15) is 56.2 Å². The Morgan fingerprint density at radius 1 is 0.840 bits per heavy atom. The summed E-state index contributed by atoms with van der Waals surface area (Å²) in [4.78, 5) is 23.2. The number of ether oxygens (including phenoxy) is 2. The van der Waals surface area contributed by atoms with Crippen LogP contribution in [0.2, 0.25) is 0 Å². The molecule has 0 aliphatic carbocycles. The first-order chi connectivity index (χ1) is 12.0. The maximum atomic E-state index is 11.6. The lowest BCUT2D eigenvalue weighted by atomic mass is 10.1. The molecule has 0 amide bonds. The van der Waals surface area contributed by atoms with Gasteiger partial charge in [0.05, 0.1) is 13.2 Å². The molecule has 136 valence electrons. The molecule has 0 radical (unpaired) electrons. The molecule has 0 N–H and O–H groups in total. The second-order valence-corrected chi connectivity index (χ2v) is 5.89. The van der Waals surface area contributed by atoms with Crippen LogP contribution in [-0.2, 0) is 19.1 Å². The zero-order valence-corrected chi connectivity index (χ0v) is 15.4. The number of hydrogen-bond acceptors (Lipinski definition) is 4. The quantitative estimate of drug-likeness (QED) is 0.350. The van der Waals surface area contributed by atoms with E-state index < -0.39 is 0 Å². The molecule has 0 unspecified atom stereocenters. The Labute approximate surface area is 150 Å². The molecule has 0 bridgehead atoms. The molecule has 0 aliphatic rings. The van der Waals surface area contributed by atoms with Gasteiger partial charge in [-0.15, -0.1) is 0 Å². The maximum absolute atomic E-state index is 11.6. The lowest BCUT2D eigenvalue weighted by Gasteiger charge is -2.02. The molecule has 4 nitrogen and oxygen atoms in total. The van der Waals surface area contributed by atoms with E-state index >= 15 is 0 Å². The van der Waals surface area contributed by atoms with Crippen molar-refractivity contribution in [1.82, 2.24) is 0 Å². The smallest absolute Gasteiger partial charge is 0.330 e. The lowest BCUT2D eigenvalue weighted by molar-refractivity contribution is -0.138. The van der Waals surface area contributed by atoms with Gasteiger partial charge in [-0.25, -0.2) is 9.59 Å². The molecule has 0 atom stereocenters. The minimum atomic E-state index is -0.341. The van der Waals surface area contributed by atoms with Gasteiger partial charge in [-0.1, -0.05) is 38.8 Å². The highest BCUT2D eigenvalue weighted by atomic mass is 16.5. The molecule has 0 aromatic heterocycles. The van der Waals surface area contributed by atoms with Crippen LogP contribution in [0.3, 0.4) is 0 Å². The van der Waals surface area contributed by atoms with Crippen LogP contribution in [0.15, 0.2) is 30.4 Å². The van der Waals surface area contributed by atoms with Crippen molar-refractivity contribution in [2.24, 2.45) is 0 Å². The molecule has 0 spiro atoms. The Hall–Kier alpha value is -2.36. The Balaban J connectivity index is 2.66. The van der Waals surface area contributed by atoms with Gasteiger partial charge in [0.15, 0.2) is 0 Å². The number of carbonyl (C=O) groups is 2. The summed E-state index contributed by atoms with van der Waals surface area (Å²) in [6, 6.07) is 5.83. The van der Waals surface area contributed by atoms with Gasteiger partial charge < -0.3 is 9.47 Å². The predicted octanol–water partition coefficient (Wildman–Crippen LogP) is 4.71. The number of esters is 2. The number of rotatable bonds is 10. The minimum absolute atomic E-state index is 0.341. The molecule has 1 aromatic carbocycles. The fourth-order valence-corrected chi connectivity index (χ4v) is 2.09. The molecule has 25 heavy (non-hydrogen) atoms. The van der Waals surface area contributed by atoms with Crippen molar-refractivity contribution in [1.29, 1.82) is 0 Å². The van der Waals surface area contributed by atoms with Crippen LogP contribution in [0.5, 0.6) is 0 Å². The molecule has 0 aliphatic heterocycles. The van der Waals surface area contributed by atoms with Crippen LogP contribution in [0.4, 0.5) is 0 Å². The first kappa shape index (κ1) is 20.7. The number of benzene rings is 1. The molecule has 0 saturated heterocycles. The molecule has 0 saturated carbocycles. The van der Waals surface area contributed by atoms with E-state index in [0.29, 0.717) is 13.2 Å². The normalized spacial score (nSPS) is 11.2. The number of carbonyl (C=O) groups excluding carboxylic acids is 2. The summed E-state index contributed by atoms with van der Waals surface area (Å²) in [6.07, 6.45) is 10.0. The van der Waals surface area contributed by atoms with E-state index in [1.54, 1.807) is 12.2 Å². The molecule has 0 fully saturated rings. The highest BCUT2D eigenvalue weighted by molar-refractivity contribution is 5.88. The highest BCUT2D eigenvalue weighted by Crippen LogP contribution is 2.13. The molecular formula is C21H28O4. The summed E-state index contributed by atoms with van der Waals surface area (Å²) in [7, 11) is 0. The largest absolute Gasteiger partial charge is 0.463 e. The topological polar surface area (TPSA) is 52.6 Å². The van der Waals surface area contributed by atoms with Gasteiger partial charge in [0, 0.05) is 12.2 Å². The zero-order valence-electron chi connectivity index (χ0n) is 15.4. The summed E-state index contributed by atoms with van der Waals surface area (Å²) >= 11 is 0. The predicted molar refractivity (Wildman–Crippen MR) is 101 cm³/mol. The highest BCUT2D eigenvalue weighted by Gasteiger charge is 2.00.